The molecule has 0 saturated heterocycles. The number of aryl methyl sites for hydroxylation is 1. The normalized spacial score (nSPS) is 23.4. The van der Waals surface area contributed by atoms with E-state index in [4.69, 9.17) is 4.74 Å². The van der Waals surface area contributed by atoms with Crippen LogP contribution in [-0.4, -0.2) is 24.3 Å². The van der Waals surface area contributed by atoms with Crippen molar-refractivity contribution in [1.29, 1.82) is 0 Å². The van der Waals surface area contributed by atoms with E-state index in [1.807, 2.05) is 25.1 Å². The fraction of sp³-hybridized carbons (Fsp3) is 0.333. The smallest absolute Gasteiger partial charge is 0.165 e. The highest BCUT2D eigenvalue weighted by Crippen LogP contribution is 2.42. The molecule has 3 nitrogen and oxygen atoms in total. The lowest BCUT2D eigenvalue weighted by molar-refractivity contribution is -0.0496. The van der Waals surface area contributed by atoms with Crippen LogP contribution in [0.4, 0.5) is 4.39 Å². The molecule has 2 aromatic rings. The van der Waals surface area contributed by atoms with Gasteiger partial charge in [-0.05, 0) is 37.2 Å². The molecule has 0 heterocycles. The molecule has 22 heavy (non-hydrogen) atoms. The van der Waals surface area contributed by atoms with Gasteiger partial charge in [-0.15, -0.1) is 0 Å². The Labute approximate surface area is 129 Å². The highest BCUT2D eigenvalue weighted by Gasteiger charge is 2.46. The minimum atomic E-state index is -1.09. The predicted octanol–water partition coefficient (Wildman–Crippen LogP) is 2.76. The number of nitrogens with one attached hydrogen (secondary N) is 1. The molecule has 3 rings (SSSR count). The zero-order chi connectivity index (χ0) is 15.7. The summed E-state index contributed by atoms with van der Waals surface area (Å²) in [6.45, 7) is 2.37. The molecule has 2 N–H and O–H groups in total. The van der Waals surface area contributed by atoms with Gasteiger partial charge < -0.3 is 15.2 Å². The zero-order valence-corrected chi connectivity index (χ0v) is 12.8. The van der Waals surface area contributed by atoms with E-state index in [1.54, 1.807) is 25.2 Å². The summed E-state index contributed by atoms with van der Waals surface area (Å²) in [5, 5.41) is 14.0. The SMILES string of the molecule is CNCC1(O)Cc2ccc(C)cc2C1Oc1ccccc1F. The Kier molecular flexibility index (Phi) is 3.89. The van der Waals surface area contributed by atoms with Crippen molar-refractivity contribution in [3.63, 3.8) is 0 Å². The number of hydrogen-bond donors (Lipinski definition) is 2. The molecule has 0 aliphatic heterocycles. The quantitative estimate of drug-likeness (QED) is 0.912. The van der Waals surface area contributed by atoms with E-state index in [1.165, 1.54) is 6.07 Å². The minimum absolute atomic E-state index is 0.163. The maximum atomic E-state index is 13.9. The van der Waals surface area contributed by atoms with Crippen LogP contribution >= 0.6 is 0 Å². The number of aliphatic hydroxyl groups is 1. The Bertz CT molecular complexity index is 689. The third-order valence-corrected chi connectivity index (χ3v) is 4.13. The maximum Gasteiger partial charge on any atom is 0.165 e. The first-order valence-corrected chi connectivity index (χ1v) is 7.41. The fourth-order valence-electron chi connectivity index (χ4n) is 3.13. The molecule has 1 aliphatic rings. The van der Waals surface area contributed by atoms with E-state index < -0.39 is 17.5 Å². The average Bonchev–Trinajstić information content (AvgIpc) is 2.74. The summed E-state index contributed by atoms with van der Waals surface area (Å²) in [6, 6.07) is 12.3. The largest absolute Gasteiger partial charge is 0.480 e. The zero-order valence-electron chi connectivity index (χ0n) is 12.8. The third-order valence-electron chi connectivity index (χ3n) is 4.13. The van der Waals surface area contributed by atoms with Gasteiger partial charge in [-0.25, -0.2) is 4.39 Å². The third kappa shape index (κ3) is 2.60. The minimum Gasteiger partial charge on any atom is -0.480 e. The first-order valence-electron chi connectivity index (χ1n) is 7.41. The number of likely N-dealkylation sites (N-methyl/N-ethyl adjacent to an activating group) is 1. The van der Waals surface area contributed by atoms with Crippen molar-refractivity contribution in [3.05, 3.63) is 65.0 Å². The topological polar surface area (TPSA) is 41.5 Å². The summed E-state index contributed by atoms with van der Waals surface area (Å²) in [4.78, 5) is 0. The standard InChI is InChI=1S/C18H20FNO2/c1-12-7-8-13-10-18(21,11-20-2)17(14(13)9-12)22-16-6-4-3-5-15(16)19/h3-9,17,20-21H,10-11H2,1-2H3. The molecule has 0 bridgehead atoms. The molecule has 0 aromatic heterocycles. The Morgan fingerprint density at radius 1 is 1.32 bits per heavy atom. The van der Waals surface area contributed by atoms with Gasteiger partial charge in [-0.1, -0.05) is 35.9 Å². The Morgan fingerprint density at radius 2 is 2.09 bits per heavy atom. The van der Waals surface area contributed by atoms with E-state index in [-0.39, 0.29) is 5.75 Å². The van der Waals surface area contributed by atoms with E-state index >= 15 is 0 Å². The molecular weight excluding hydrogens is 281 g/mol. The Balaban J connectivity index is 2.01. The van der Waals surface area contributed by atoms with Crippen molar-refractivity contribution >= 4 is 0 Å². The van der Waals surface area contributed by atoms with Gasteiger partial charge in [0.2, 0.25) is 0 Å². The number of halogens is 1. The Morgan fingerprint density at radius 3 is 2.82 bits per heavy atom. The van der Waals surface area contributed by atoms with E-state index in [0.717, 1.165) is 16.7 Å². The second-order valence-corrected chi connectivity index (χ2v) is 5.94. The first-order chi connectivity index (χ1) is 10.5. The summed E-state index contributed by atoms with van der Waals surface area (Å²) in [6.07, 6.45) is -0.102. The highest BCUT2D eigenvalue weighted by molar-refractivity contribution is 5.42. The van der Waals surface area contributed by atoms with Crippen LogP contribution in [0.15, 0.2) is 42.5 Å². The molecule has 0 saturated carbocycles. The molecule has 2 aromatic carbocycles. The van der Waals surface area contributed by atoms with Gasteiger partial charge in [-0.2, -0.15) is 0 Å². The maximum absolute atomic E-state index is 13.9. The van der Waals surface area contributed by atoms with Crippen LogP contribution in [0.3, 0.4) is 0 Å². The molecule has 0 fully saturated rings. The summed E-state index contributed by atoms with van der Waals surface area (Å²) < 4.78 is 19.8. The number of ether oxygens (including phenoxy) is 1. The second kappa shape index (κ2) is 5.71. The summed E-state index contributed by atoms with van der Waals surface area (Å²) in [5.74, 6) is -0.258. The predicted molar refractivity (Wildman–Crippen MR) is 83.5 cm³/mol. The monoisotopic (exact) mass is 301 g/mol. The molecule has 0 radical (unpaired) electrons. The molecule has 0 amide bonds. The van der Waals surface area contributed by atoms with Crippen LogP contribution in [0.5, 0.6) is 5.75 Å². The number of benzene rings is 2. The van der Waals surface area contributed by atoms with Crippen LogP contribution in [-0.2, 0) is 6.42 Å². The molecule has 4 heteroatoms. The molecule has 2 unspecified atom stereocenters. The lowest BCUT2D eigenvalue weighted by Crippen LogP contribution is -2.45. The van der Waals surface area contributed by atoms with Crippen molar-refractivity contribution in [3.8, 4) is 5.75 Å². The van der Waals surface area contributed by atoms with Gasteiger partial charge in [0.05, 0.1) is 0 Å². The van der Waals surface area contributed by atoms with Crippen LogP contribution in [0.2, 0.25) is 0 Å². The van der Waals surface area contributed by atoms with Gasteiger partial charge >= 0.3 is 0 Å². The van der Waals surface area contributed by atoms with Crippen molar-refractivity contribution in [2.24, 2.45) is 0 Å². The second-order valence-electron chi connectivity index (χ2n) is 5.94. The van der Waals surface area contributed by atoms with Crippen molar-refractivity contribution in [2.75, 3.05) is 13.6 Å². The van der Waals surface area contributed by atoms with Gasteiger partial charge in [0.15, 0.2) is 17.7 Å². The molecule has 0 spiro atoms. The first kappa shape index (κ1) is 15.0. The Hall–Kier alpha value is -1.91. The van der Waals surface area contributed by atoms with E-state index in [9.17, 15) is 9.50 Å². The molecular formula is C18H20FNO2. The van der Waals surface area contributed by atoms with Crippen molar-refractivity contribution < 1.29 is 14.2 Å². The van der Waals surface area contributed by atoms with Gasteiger partial charge in [-0.3, -0.25) is 0 Å². The molecule has 2 atom stereocenters. The lowest BCUT2D eigenvalue weighted by Gasteiger charge is -2.30. The average molecular weight is 301 g/mol. The summed E-state index contributed by atoms with van der Waals surface area (Å²) in [5.41, 5.74) is 1.98. The summed E-state index contributed by atoms with van der Waals surface area (Å²) >= 11 is 0. The number of para-hydroxylation sites is 1. The number of hydrogen-bond acceptors (Lipinski definition) is 3. The summed E-state index contributed by atoms with van der Waals surface area (Å²) in [7, 11) is 1.78. The van der Waals surface area contributed by atoms with Crippen LogP contribution < -0.4 is 10.1 Å². The molecule has 1 aliphatic carbocycles. The highest BCUT2D eigenvalue weighted by atomic mass is 19.1. The number of fused-ring (bicyclic) bond motifs is 1. The van der Waals surface area contributed by atoms with Gasteiger partial charge in [0.25, 0.3) is 0 Å². The van der Waals surface area contributed by atoms with Crippen LogP contribution in [0.1, 0.15) is 22.8 Å². The van der Waals surface area contributed by atoms with Crippen LogP contribution in [0, 0.1) is 12.7 Å². The lowest BCUT2D eigenvalue weighted by atomic mass is 9.97. The fourth-order valence-corrected chi connectivity index (χ4v) is 3.13. The van der Waals surface area contributed by atoms with Crippen LogP contribution in [0.25, 0.3) is 0 Å². The van der Waals surface area contributed by atoms with E-state index in [2.05, 4.69) is 5.32 Å². The van der Waals surface area contributed by atoms with E-state index in [0.29, 0.717) is 13.0 Å². The van der Waals surface area contributed by atoms with Gasteiger partial charge in [0, 0.05) is 13.0 Å². The number of rotatable bonds is 4. The van der Waals surface area contributed by atoms with Crippen molar-refractivity contribution in [1.82, 2.24) is 5.32 Å². The van der Waals surface area contributed by atoms with Gasteiger partial charge in [0.1, 0.15) is 5.60 Å². The molecule has 116 valence electrons. The van der Waals surface area contributed by atoms with Crippen molar-refractivity contribution in [2.45, 2.75) is 25.0 Å².